The van der Waals surface area contributed by atoms with Crippen molar-refractivity contribution < 1.29 is 4.92 Å². The summed E-state index contributed by atoms with van der Waals surface area (Å²) in [6.45, 7) is 1.52. The van der Waals surface area contributed by atoms with Gasteiger partial charge in [-0.15, -0.1) is 0 Å². The van der Waals surface area contributed by atoms with Crippen LogP contribution in [0.2, 0.25) is 5.28 Å². The SMILES string of the molecule is Cc1nc(Cl)nc(Sc2ncccc2Br)c1[N+](=O)[O-]. The normalized spacial score (nSPS) is 10.5. The Hall–Kier alpha value is -1.25. The van der Waals surface area contributed by atoms with Gasteiger partial charge in [-0.3, -0.25) is 10.1 Å². The van der Waals surface area contributed by atoms with Gasteiger partial charge in [-0.05, 0) is 58.3 Å². The molecule has 0 fully saturated rings. The molecule has 0 aliphatic carbocycles. The van der Waals surface area contributed by atoms with E-state index in [1.165, 1.54) is 6.92 Å². The van der Waals surface area contributed by atoms with Crippen molar-refractivity contribution in [3.8, 4) is 0 Å². The van der Waals surface area contributed by atoms with Crippen molar-refractivity contribution in [2.75, 3.05) is 0 Å². The lowest BCUT2D eigenvalue weighted by molar-refractivity contribution is -0.389. The Labute approximate surface area is 125 Å². The molecule has 9 heteroatoms. The van der Waals surface area contributed by atoms with Crippen molar-refractivity contribution in [3.63, 3.8) is 0 Å². The highest BCUT2D eigenvalue weighted by Gasteiger charge is 2.23. The van der Waals surface area contributed by atoms with Gasteiger partial charge in [0.2, 0.25) is 5.28 Å². The second-order valence-corrected chi connectivity index (χ2v) is 5.55. The molecule has 0 bridgehead atoms. The van der Waals surface area contributed by atoms with Crippen molar-refractivity contribution in [2.45, 2.75) is 17.0 Å². The molecule has 2 aromatic rings. The van der Waals surface area contributed by atoms with Crippen LogP contribution < -0.4 is 0 Å². The van der Waals surface area contributed by atoms with Crippen LogP contribution in [-0.2, 0) is 0 Å². The van der Waals surface area contributed by atoms with Crippen LogP contribution >= 0.6 is 39.3 Å². The van der Waals surface area contributed by atoms with Gasteiger partial charge in [-0.1, -0.05) is 0 Å². The molecule has 0 radical (unpaired) electrons. The van der Waals surface area contributed by atoms with Crippen molar-refractivity contribution in [2.24, 2.45) is 0 Å². The van der Waals surface area contributed by atoms with Gasteiger partial charge in [0.05, 0.1) is 9.40 Å². The summed E-state index contributed by atoms with van der Waals surface area (Å²) in [5.41, 5.74) is 0.0616. The van der Waals surface area contributed by atoms with Gasteiger partial charge in [-0.25, -0.2) is 15.0 Å². The summed E-state index contributed by atoms with van der Waals surface area (Å²) in [6.07, 6.45) is 1.59. The third-order valence-electron chi connectivity index (χ3n) is 2.10. The molecule has 0 aliphatic heterocycles. The minimum atomic E-state index is -0.523. The molecule has 2 heterocycles. The minimum absolute atomic E-state index is 0.0300. The summed E-state index contributed by atoms with van der Waals surface area (Å²) in [5.74, 6) is 0. The number of rotatable bonds is 3. The lowest BCUT2D eigenvalue weighted by Gasteiger charge is -2.05. The zero-order valence-corrected chi connectivity index (χ0v) is 12.7. The molecule has 19 heavy (non-hydrogen) atoms. The van der Waals surface area contributed by atoms with E-state index in [1.54, 1.807) is 18.3 Å². The van der Waals surface area contributed by atoms with E-state index < -0.39 is 4.92 Å². The first-order valence-corrected chi connectivity index (χ1v) is 6.94. The molecule has 0 amide bonds. The van der Waals surface area contributed by atoms with E-state index in [1.807, 2.05) is 0 Å². The summed E-state index contributed by atoms with van der Waals surface area (Å²) >= 11 is 10.1. The van der Waals surface area contributed by atoms with Crippen LogP contribution in [0.4, 0.5) is 5.69 Å². The molecule has 0 atom stereocenters. The molecule has 0 unspecified atom stereocenters. The maximum atomic E-state index is 11.1. The largest absolute Gasteiger partial charge is 0.322 e. The lowest BCUT2D eigenvalue weighted by atomic mass is 10.4. The number of nitro groups is 1. The van der Waals surface area contributed by atoms with Crippen LogP contribution in [-0.4, -0.2) is 19.9 Å². The smallest absolute Gasteiger partial charge is 0.258 e. The Morgan fingerprint density at radius 1 is 1.42 bits per heavy atom. The maximum Gasteiger partial charge on any atom is 0.322 e. The van der Waals surface area contributed by atoms with Crippen LogP contribution in [0.5, 0.6) is 0 Å². The monoisotopic (exact) mass is 360 g/mol. The molecule has 98 valence electrons. The van der Waals surface area contributed by atoms with Crippen molar-refractivity contribution >= 4 is 45.0 Å². The van der Waals surface area contributed by atoms with Gasteiger partial charge in [0.1, 0.15) is 10.7 Å². The lowest BCUT2D eigenvalue weighted by Crippen LogP contribution is -2.00. The summed E-state index contributed by atoms with van der Waals surface area (Å²) in [6, 6.07) is 3.54. The van der Waals surface area contributed by atoms with E-state index in [9.17, 15) is 10.1 Å². The number of aromatic nitrogens is 3. The molecule has 2 aromatic heterocycles. The van der Waals surface area contributed by atoms with Crippen molar-refractivity contribution in [1.29, 1.82) is 0 Å². The van der Waals surface area contributed by atoms with Crippen molar-refractivity contribution in [1.82, 2.24) is 15.0 Å². The Bertz CT molecular complexity index is 655. The highest BCUT2D eigenvalue weighted by Crippen LogP contribution is 2.37. The fourth-order valence-electron chi connectivity index (χ4n) is 1.33. The van der Waals surface area contributed by atoms with Gasteiger partial charge in [0, 0.05) is 6.20 Å². The van der Waals surface area contributed by atoms with E-state index in [-0.39, 0.29) is 21.7 Å². The number of pyridine rings is 1. The zero-order chi connectivity index (χ0) is 14.0. The topological polar surface area (TPSA) is 81.8 Å². The number of halogens is 2. The highest BCUT2D eigenvalue weighted by molar-refractivity contribution is 9.10. The third kappa shape index (κ3) is 3.20. The van der Waals surface area contributed by atoms with Gasteiger partial charge in [0.25, 0.3) is 0 Å². The Kier molecular flexibility index (Phi) is 4.33. The fraction of sp³-hybridized carbons (Fsp3) is 0.100. The van der Waals surface area contributed by atoms with E-state index in [0.717, 1.165) is 16.2 Å². The number of aryl methyl sites for hydroxylation is 1. The average molecular weight is 362 g/mol. The van der Waals surface area contributed by atoms with E-state index in [4.69, 9.17) is 11.6 Å². The van der Waals surface area contributed by atoms with E-state index in [2.05, 4.69) is 30.9 Å². The number of nitrogens with zero attached hydrogens (tertiary/aromatic N) is 4. The summed E-state index contributed by atoms with van der Waals surface area (Å²) in [7, 11) is 0. The molecular formula is C10H6BrClN4O2S. The van der Waals surface area contributed by atoms with Crippen molar-refractivity contribution in [3.05, 3.63) is 43.9 Å². The Morgan fingerprint density at radius 3 is 2.79 bits per heavy atom. The van der Waals surface area contributed by atoms with Gasteiger partial charge in [0.15, 0.2) is 5.03 Å². The summed E-state index contributed by atoms with van der Waals surface area (Å²) < 4.78 is 0.724. The van der Waals surface area contributed by atoms with Crippen LogP contribution in [0.3, 0.4) is 0 Å². The summed E-state index contributed by atoms with van der Waals surface area (Å²) in [4.78, 5) is 22.4. The first kappa shape index (κ1) is 14.2. The fourth-order valence-corrected chi connectivity index (χ4v) is 3.00. The Morgan fingerprint density at radius 2 is 2.16 bits per heavy atom. The zero-order valence-electron chi connectivity index (χ0n) is 9.50. The summed E-state index contributed by atoms with van der Waals surface area (Å²) in [5, 5.41) is 11.8. The maximum absolute atomic E-state index is 11.1. The molecule has 0 saturated heterocycles. The first-order chi connectivity index (χ1) is 8.99. The van der Waals surface area contributed by atoms with Crippen LogP contribution in [0.25, 0.3) is 0 Å². The number of hydrogen-bond donors (Lipinski definition) is 0. The molecule has 2 rings (SSSR count). The Balaban J connectivity index is 2.51. The van der Waals surface area contributed by atoms with Gasteiger partial charge in [-0.2, -0.15) is 0 Å². The van der Waals surface area contributed by atoms with Crippen LogP contribution in [0.15, 0.2) is 32.9 Å². The van der Waals surface area contributed by atoms with E-state index in [0.29, 0.717) is 5.03 Å². The second kappa shape index (κ2) is 5.81. The predicted molar refractivity (Wildman–Crippen MR) is 74.5 cm³/mol. The standard InChI is InChI=1S/C10H6BrClN4O2S/c1-5-7(16(17)18)9(15-10(12)14-5)19-8-6(11)3-2-4-13-8/h2-4H,1H3. The van der Waals surface area contributed by atoms with Crippen LogP contribution in [0.1, 0.15) is 5.69 Å². The molecular weight excluding hydrogens is 356 g/mol. The highest BCUT2D eigenvalue weighted by atomic mass is 79.9. The number of hydrogen-bond acceptors (Lipinski definition) is 6. The van der Waals surface area contributed by atoms with Gasteiger partial charge >= 0.3 is 5.69 Å². The van der Waals surface area contributed by atoms with E-state index >= 15 is 0 Å². The molecule has 0 aliphatic rings. The molecule has 0 saturated carbocycles. The molecule has 6 nitrogen and oxygen atoms in total. The predicted octanol–water partition coefficient (Wildman–Crippen LogP) is 3.66. The average Bonchev–Trinajstić information content (AvgIpc) is 2.30. The van der Waals surface area contributed by atoms with Crippen LogP contribution in [0, 0.1) is 17.0 Å². The third-order valence-corrected chi connectivity index (χ3v) is 4.17. The quantitative estimate of drug-likeness (QED) is 0.359. The molecule has 0 N–H and O–H groups in total. The molecule has 0 aromatic carbocycles. The minimum Gasteiger partial charge on any atom is -0.258 e. The second-order valence-electron chi connectivity index (χ2n) is 3.38. The first-order valence-electron chi connectivity index (χ1n) is 4.96. The van der Waals surface area contributed by atoms with Gasteiger partial charge < -0.3 is 0 Å². The molecule has 0 spiro atoms.